The van der Waals surface area contributed by atoms with Crippen LogP contribution in [0.1, 0.15) is 33.1 Å². The quantitative estimate of drug-likeness (QED) is 0.429. The summed E-state index contributed by atoms with van der Waals surface area (Å²) in [6.45, 7) is 4.00. The monoisotopic (exact) mass is 376 g/mol. The van der Waals surface area contributed by atoms with E-state index in [2.05, 4.69) is 15.1 Å². The maximum absolute atomic E-state index is 12.3. The first-order chi connectivity index (χ1) is 11.5. The predicted octanol–water partition coefficient (Wildman–Crippen LogP) is -0.817. The van der Waals surface area contributed by atoms with Crippen LogP contribution in [0.2, 0.25) is 0 Å². The van der Waals surface area contributed by atoms with E-state index in [1.807, 2.05) is 13.8 Å². The standard InChI is InChI=1S/C13H20N4O7S/c1-13(2)5-8(13)10(18)14-15-11(19)9-4-3-7-6-16(9)12(20)17(7)24-25(21,22)23/h7-9H,3-6H2,1-2H3,(H,14,18)(H,15,19)(H,21,22,23)/t7-,8?,9+/m1/s1. The van der Waals surface area contributed by atoms with E-state index in [0.717, 1.165) is 11.3 Å². The van der Waals surface area contributed by atoms with Crippen LogP contribution >= 0.6 is 0 Å². The van der Waals surface area contributed by atoms with Crippen molar-refractivity contribution < 1.29 is 31.6 Å². The highest BCUT2D eigenvalue weighted by molar-refractivity contribution is 7.80. The molecule has 0 aromatic rings. The van der Waals surface area contributed by atoms with Gasteiger partial charge in [0.1, 0.15) is 6.04 Å². The SMILES string of the molecule is CC1(C)CC1C(=O)NNC(=O)[C@@H]1CC[C@@H]2CN1C(=O)N2OS(=O)(=O)O. The van der Waals surface area contributed by atoms with E-state index in [1.54, 1.807) is 0 Å². The van der Waals surface area contributed by atoms with Crippen molar-refractivity contribution in [3.8, 4) is 0 Å². The van der Waals surface area contributed by atoms with Gasteiger partial charge < -0.3 is 4.90 Å². The molecule has 1 aliphatic carbocycles. The third-order valence-corrected chi connectivity index (χ3v) is 5.29. The number of hydroxylamine groups is 2. The number of piperidine rings is 1. The lowest BCUT2D eigenvalue weighted by Gasteiger charge is -2.29. The number of urea groups is 1. The Bertz CT molecular complexity index is 722. The van der Waals surface area contributed by atoms with E-state index >= 15 is 0 Å². The summed E-state index contributed by atoms with van der Waals surface area (Å²) in [6.07, 6.45) is 1.34. The van der Waals surface area contributed by atoms with Crippen molar-refractivity contribution in [1.82, 2.24) is 20.8 Å². The molecule has 2 heterocycles. The number of hydrogen-bond acceptors (Lipinski definition) is 6. The van der Waals surface area contributed by atoms with Crippen molar-refractivity contribution in [2.75, 3.05) is 6.54 Å². The van der Waals surface area contributed by atoms with E-state index < -0.39 is 34.4 Å². The summed E-state index contributed by atoms with van der Waals surface area (Å²) in [7, 11) is -4.83. The third kappa shape index (κ3) is 3.55. The van der Waals surface area contributed by atoms with Crippen LogP contribution in [0.15, 0.2) is 0 Å². The maximum Gasteiger partial charge on any atom is 0.418 e. The molecule has 2 aliphatic heterocycles. The van der Waals surface area contributed by atoms with Gasteiger partial charge in [-0.05, 0) is 24.7 Å². The van der Waals surface area contributed by atoms with Gasteiger partial charge in [0, 0.05) is 12.5 Å². The van der Waals surface area contributed by atoms with Crippen LogP contribution in [0.3, 0.4) is 0 Å². The highest BCUT2D eigenvalue weighted by Crippen LogP contribution is 2.51. The predicted molar refractivity (Wildman–Crippen MR) is 81.6 cm³/mol. The number of carbonyl (C=O) groups is 3. The second-order valence-electron chi connectivity index (χ2n) is 7.23. The number of nitrogens with zero attached hydrogens (tertiary/aromatic N) is 2. The van der Waals surface area contributed by atoms with Crippen molar-refractivity contribution in [3.05, 3.63) is 0 Å². The minimum atomic E-state index is -4.83. The zero-order valence-corrected chi connectivity index (χ0v) is 14.6. The Hall–Kier alpha value is -1.92. The largest absolute Gasteiger partial charge is 0.418 e. The van der Waals surface area contributed by atoms with Crippen LogP contribution in [0.5, 0.6) is 0 Å². The average Bonchev–Trinajstić information content (AvgIpc) is 3.10. The molecule has 3 aliphatic rings. The Morgan fingerprint density at radius 3 is 2.40 bits per heavy atom. The van der Waals surface area contributed by atoms with Gasteiger partial charge in [0.25, 0.3) is 5.91 Å². The highest BCUT2D eigenvalue weighted by atomic mass is 32.3. The van der Waals surface area contributed by atoms with Gasteiger partial charge in [-0.15, -0.1) is 4.28 Å². The molecule has 4 amide bonds. The minimum Gasteiger partial charge on any atom is -0.309 e. The summed E-state index contributed by atoms with van der Waals surface area (Å²) in [5.41, 5.74) is 4.60. The molecular formula is C13H20N4O7S. The summed E-state index contributed by atoms with van der Waals surface area (Å²) in [6, 6.07) is -2.25. The Morgan fingerprint density at radius 2 is 1.84 bits per heavy atom. The minimum absolute atomic E-state index is 0.0780. The molecule has 0 aromatic heterocycles. The molecule has 3 N–H and O–H groups in total. The molecule has 140 valence electrons. The van der Waals surface area contributed by atoms with Crippen molar-refractivity contribution in [3.63, 3.8) is 0 Å². The number of amides is 4. The van der Waals surface area contributed by atoms with E-state index in [1.165, 1.54) is 0 Å². The van der Waals surface area contributed by atoms with Gasteiger partial charge in [-0.25, -0.2) is 4.79 Å². The van der Waals surface area contributed by atoms with Crippen LogP contribution in [0, 0.1) is 11.3 Å². The van der Waals surface area contributed by atoms with Crippen LogP contribution in [-0.4, -0.2) is 59.4 Å². The van der Waals surface area contributed by atoms with Crippen LogP contribution in [-0.2, 0) is 24.3 Å². The molecule has 1 saturated carbocycles. The fourth-order valence-electron chi connectivity index (χ4n) is 3.31. The first-order valence-corrected chi connectivity index (χ1v) is 9.23. The Balaban J connectivity index is 1.58. The van der Waals surface area contributed by atoms with Gasteiger partial charge in [0.2, 0.25) is 5.91 Å². The fourth-order valence-corrected chi connectivity index (χ4v) is 3.70. The molecule has 0 aromatic carbocycles. The van der Waals surface area contributed by atoms with Gasteiger partial charge in [0.15, 0.2) is 0 Å². The second-order valence-corrected chi connectivity index (χ2v) is 8.24. The maximum atomic E-state index is 12.3. The van der Waals surface area contributed by atoms with Crippen LogP contribution in [0.25, 0.3) is 0 Å². The van der Waals surface area contributed by atoms with Gasteiger partial charge in [-0.2, -0.15) is 13.5 Å². The van der Waals surface area contributed by atoms with Gasteiger partial charge in [-0.3, -0.25) is 25.0 Å². The van der Waals surface area contributed by atoms with Crippen molar-refractivity contribution in [1.29, 1.82) is 0 Å². The first-order valence-electron chi connectivity index (χ1n) is 7.86. The number of fused-ring (bicyclic) bond motifs is 2. The smallest absolute Gasteiger partial charge is 0.309 e. The van der Waals surface area contributed by atoms with Gasteiger partial charge in [0.05, 0.1) is 6.04 Å². The Morgan fingerprint density at radius 1 is 1.24 bits per heavy atom. The molecule has 0 radical (unpaired) electrons. The van der Waals surface area contributed by atoms with Crippen LogP contribution in [0.4, 0.5) is 4.79 Å². The lowest BCUT2D eigenvalue weighted by Crippen LogP contribution is -2.54. The molecule has 3 atom stereocenters. The van der Waals surface area contributed by atoms with Crippen molar-refractivity contribution in [2.45, 2.75) is 45.2 Å². The molecule has 25 heavy (non-hydrogen) atoms. The molecule has 0 spiro atoms. The molecule has 11 nitrogen and oxygen atoms in total. The second kappa shape index (κ2) is 5.81. The highest BCUT2D eigenvalue weighted by Gasteiger charge is 2.51. The number of hydrogen-bond donors (Lipinski definition) is 3. The Labute approximate surface area is 144 Å². The summed E-state index contributed by atoms with van der Waals surface area (Å²) in [5, 5.41) is 0.563. The van der Waals surface area contributed by atoms with Crippen LogP contribution < -0.4 is 10.9 Å². The molecule has 3 rings (SSSR count). The molecular weight excluding hydrogens is 356 g/mol. The number of hydrazine groups is 1. The fraction of sp³-hybridized carbons (Fsp3) is 0.769. The van der Waals surface area contributed by atoms with Gasteiger partial charge in [-0.1, -0.05) is 13.8 Å². The summed E-state index contributed by atoms with van der Waals surface area (Å²) in [4.78, 5) is 37.6. The number of nitrogens with one attached hydrogen (secondary N) is 2. The molecule has 3 fully saturated rings. The lowest BCUT2D eigenvalue weighted by molar-refractivity contribution is -0.132. The average molecular weight is 376 g/mol. The van der Waals surface area contributed by atoms with E-state index in [4.69, 9.17) is 4.55 Å². The van der Waals surface area contributed by atoms with E-state index in [-0.39, 0.29) is 30.2 Å². The van der Waals surface area contributed by atoms with Crippen molar-refractivity contribution >= 4 is 28.2 Å². The summed E-state index contributed by atoms with van der Waals surface area (Å²) < 4.78 is 34.7. The van der Waals surface area contributed by atoms with Gasteiger partial charge >= 0.3 is 16.4 Å². The molecule has 2 saturated heterocycles. The zero-order valence-electron chi connectivity index (χ0n) is 13.8. The summed E-state index contributed by atoms with van der Waals surface area (Å²) >= 11 is 0. The number of carbonyl (C=O) groups excluding carboxylic acids is 3. The summed E-state index contributed by atoms with van der Waals surface area (Å²) in [5.74, 6) is -1.00. The number of rotatable bonds is 4. The third-order valence-electron chi connectivity index (χ3n) is 4.94. The Kier molecular flexibility index (Phi) is 4.16. The normalized spacial score (nSPS) is 30.2. The molecule has 2 bridgehead atoms. The zero-order chi connectivity index (χ0) is 18.6. The van der Waals surface area contributed by atoms with E-state index in [9.17, 15) is 22.8 Å². The van der Waals surface area contributed by atoms with E-state index in [0.29, 0.717) is 11.5 Å². The topological polar surface area (TPSA) is 145 Å². The molecule has 12 heteroatoms. The van der Waals surface area contributed by atoms with Crippen molar-refractivity contribution in [2.24, 2.45) is 11.3 Å². The molecule has 1 unspecified atom stereocenters. The first kappa shape index (κ1) is 17.9. The lowest BCUT2D eigenvalue weighted by atomic mass is 10.0.